The summed E-state index contributed by atoms with van der Waals surface area (Å²) in [6.07, 6.45) is 0.140. The van der Waals surface area contributed by atoms with E-state index < -0.39 is 6.09 Å². The molecule has 166 valence electrons. The maximum Gasteiger partial charge on any atom is 0.407 e. The molecule has 3 nitrogen and oxygen atoms in total. The van der Waals surface area contributed by atoms with E-state index in [2.05, 4.69) is 59.6 Å². The van der Waals surface area contributed by atoms with Crippen LogP contribution in [0, 0.1) is 11.8 Å². The van der Waals surface area contributed by atoms with Crippen molar-refractivity contribution in [3.05, 3.63) is 120 Å². The minimum absolute atomic E-state index is 0.0624. The van der Waals surface area contributed by atoms with Crippen LogP contribution in [0.3, 0.4) is 0 Å². The number of fused-ring (bicyclic) bond motifs is 3. The van der Waals surface area contributed by atoms with E-state index in [9.17, 15) is 4.79 Å². The van der Waals surface area contributed by atoms with Crippen LogP contribution in [-0.4, -0.2) is 19.2 Å². The summed E-state index contributed by atoms with van der Waals surface area (Å²) in [7, 11) is 0. The van der Waals surface area contributed by atoms with Gasteiger partial charge in [0.1, 0.15) is 6.61 Å². The van der Waals surface area contributed by atoms with Gasteiger partial charge < -0.3 is 10.1 Å². The molecule has 0 spiro atoms. The number of alkyl carbamates (subject to hydrolysis) is 1. The van der Waals surface area contributed by atoms with Gasteiger partial charge in [-0.2, -0.15) is 0 Å². The standard InChI is InChI=1S/C31H25NO2/c33-31(34-22-30-28-19-8-6-17-26(28)27-18-7-9-20-29(27)30)32-21-11-10-15-24-14-4-5-16-25(24)23-12-2-1-3-13-23/h1-9,12-14,16-20,30H,11,21-22H2,(H,32,33). The van der Waals surface area contributed by atoms with E-state index >= 15 is 0 Å². The summed E-state index contributed by atoms with van der Waals surface area (Å²) in [5.41, 5.74) is 8.09. The Kier molecular flexibility index (Phi) is 6.40. The van der Waals surface area contributed by atoms with Crippen molar-refractivity contribution in [1.29, 1.82) is 0 Å². The van der Waals surface area contributed by atoms with Crippen molar-refractivity contribution in [3.8, 4) is 34.1 Å². The number of benzene rings is 4. The van der Waals surface area contributed by atoms with Crippen molar-refractivity contribution in [2.75, 3.05) is 13.2 Å². The molecule has 4 aromatic rings. The van der Waals surface area contributed by atoms with Crippen LogP contribution in [0.25, 0.3) is 22.3 Å². The number of ether oxygens (including phenoxy) is 1. The molecule has 0 saturated carbocycles. The smallest absolute Gasteiger partial charge is 0.407 e. The Morgan fingerprint density at radius 2 is 1.32 bits per heavy atom. The minimum Gasteiger partial charge on any atom is -0.449 e. The van der Waals surface area contributed by atoms with Crippen LogP contribution >= 0.6 is 0 Å². The molecule has 0 heterocycles. The Labute approximate surface area is 200 Å². The molecule has 0 aliphatic heterocycles. The number of hydrogen-bond donors (Lipinski definition) is 1. The molecular formula is C31H25NO2. The zero-order valence-electron chi connectivity index (χ0n) is 18.8. The predicted octanol–water partition coefficient (Wildman–Crippen LogP) is 6.63. The molecule has 1 amide bonds. The van der Waals surface area contributed by atoms with Gasteiger partial charge in [0.05, 0.1) is 0 Å². The SMILES string of the molecule is O=C(NCCC#Cc1ccccc1-c1ccccc1)OCC1c2ccccc2-c2ccccc21. The molecule has 5 rings (SSSR count). The molecule has 0 saturated heterocycles. The number of hydrogen-bond acceptors (Lipinski definition) is 2. The first-order valence-electron chi connectivity index (χ1n) is 11.5. The molecule has 1 aliphatic carbocycles. The molecule has 3 heteroatoms. The molecule has 4 aromatic carbocycles. The van der Waals surface area contributed by atoms with Gasteiger partial charge in [-0.3, -0.25) is 0 Å². The third-order valence-electron chi connectivity index (χ3n) is 6.10. The van der Waals surface area contributed by atoms with Crippen LogP contribution in [0.4, 0.5) is 4.79 Å². The summed E-state index contributed by atoms with van der Waals surface area (Å²) in [4.78, 5) is 12.3. The van der Waals surface area contributed by atoms with E-state index in [0.717, 1.165) is 16.7 Å². The highest BCUT2D eigenvalue weighted by molar-refractivity contribution is 5.79. The maximum absolute atomic E-state index is 12.3. The number of nitrogens with one attached hydrogen (secondary N) is 1. The monoisotopic (exact) mass is 443 g/mol. The van der Waals surface area contributed by atoms with Gasteiger partial charge >= 0.3 is 6.09 Å². The van der Waals surface area contributed by atoms with Gasteiger partial charge in [0, 0.05) is 24.4 Å². The van der Waals surface area contributed by atoms with Crippen LogP contribution in [0.15, 0.2) is 103 Å². The first-order chi connectivity index (χ1) is 16.8. The fourth-order valence-electron chi connectivity index (χ4n) is 4.50. The second-order valence-corrected chi connectivity index (χ2v) is 8.22. The van der Waals surface area contributed by atoms with E-state index in [-0.39, 0.29) is 5.92 Å². The molecule has 0 radical (unpaired) electrons. The van der Waals surface area contributed by atoms with Crippen molar-refractivity contribution < 1.29 is 9.53 Å². The summed E-state index contributed by atoms with van der Waals surface area (Å²) >= 11 is 0. The lowest BCUT2D eigenvalue weighted by Gasteiger charge is -2.14. The van der Waals surface area contributed by atoms with Gasteiger partial charge in [-0.15, -0.1) is 0 Å². The lowest BCUT2D eigenvalue weighted by molar-refractivity contribution is 0.143. The summed E-state index contributed by atoms with van der Waals surface area (Å²) in [6.45, 7) is 0.757. The molecule has 0 fully saturated rings. The van der Waals surface area contributed by atoms with E-state index in [1.54, 1.807) is 0 Å². The van der Waals surface area contributed by atoms with Gasteiger partial charge in [-0.25, -0.2) is 4.79 Å². The molecular weight excluding hydrogens is 418 g/mol. The summed E-state index contributed by atoms with van der Waals surface area (Å²) in [5.74, 6) is 6.47. The van der Waals surface area contributed by atoms with Gasteiger partial charge in [0.25, 0.3) is 0 Å². The van der Waals surface area contributed by atoms with Crippen LogP contribution in [-0.2, 0) is 4.74 Å². The largest absolute Gasteiger partial charge is 0.449 e. The Hall–Kier alpha value is -4.29. The molecule has 1 N–H and O–H groups in total. The predicted molar refractivity (Wildman–Crippen MR) is 136 cm³/mol. The molecule has 0 unspecified atom stereocenters. The number of rotatable bonds is 5. The molecule has 1 aliphatic rings. The Balaban J connectivity index is 1.15. The van der Waals surface area contributed by atoms with Crippen LogP contribution in [0.1, 0.15) is 29.0 Å². The molecule has 0 atom stereocenters. The zero-order chi connectivity index (χ0) is 23.2. The van der Waals surface area contributed by atoms with Gasteiger partial charge in [-0.1, -0.05) is 109 Å². The third kappa shape index (κ3) is 4.58. The van der Waals surface area contributed by atoms with Crippen molar-refractivity contribution in [2.45, 2.75) is 12.3 Å². The zero-order valence-corrected chi connectivity index (χ0v) is 18.8. The molecule has 0 bridgehead atoms. The van der Waals surface area contributed by atoms with Gasteiger partial charge in [0.15, 0.2) is 0 Å². The topological polar surface area (TPSA) is 38.3 Å². The second kappa shape index (κ2) is 10.1. The van der Waals surface area contributed by atoms with Crippen molar-refractivity contribution >= 4 is 6.09 Å². The minimum atomic E-state index is -0.409. The summed E-state index contributed by atoms with van der Waals surface area (Å²) < 4.78 is 5.58. The van der Waals surface area contributed by atoms with Gasteiger partial charge in [0.2, 0.25) is 0 Å². The molecule has 34 heavy (non-hydrogen) atoms. The van der Waals surface area contributed by atoms with E-state index in [0.29, 0.717) is 19.6 Å². The summed E-state index contributed by atoms with van der Waals surface area (Å²) in [5, 5.41) is 2.82. The van der Waals surface area contributed by atoms with Crippen LogP contribution < -0.4 is 5.32 Å². The Morgan fingerprint density at radius 1 is 0.735 bits per heavy atom. The van der Waals surface area contributed by atoms with E-state index in [1.165, 1.54) is 22.3 Å². The first kappa shape index (κ1) is 21.6. The maximum atomic E-state index is 12.3. The third-order valence-corrected chi connectivity index (χ3v) is 6.10. The lowest BCUT2D eigenvalue weighted by Crippen LogP contribution is -2.26. The average Bonchev–Trinajstić information content (AvgIpc) is 3.22. The van der Waals surface area contributed by atoms with Crippen LogP contribution in [0.5, 0.6) is 0 Å². The number of carbonyl (C=O) groups excluding carboxylic acids is 1. The van der Waals surface area contributed by atoms with E-state index in [1.807, 2.05) is 60.7 Å². The Morgan fingerprint density at radius 3 is 2.03 bits per heavy atom. The molecule has 0 aromatic heterocycles. The number of amides is 1. The first-order valence-corrected chi connectivity index (χ1v) is 11.5. The fraction of sp³-hybridized carbons (Fsp3) is 0.129. The lowest BCUT2D eigenvalue weighted by atomic mass is 9.98. The fourth-order valence-corrected chi connectivity index (χ4v) is 4.50. The van der Waals surface area contributed by atoms with Crippen LogP contribution in [0.2, 0.25) is 0 Å². The Bertz CT molecular complexity index is 1320. The normalized spacial score (nSPS) is 11.6. The van der Waals surface area contributed by atoms with Gasteiger partial charge in [-0.05, 0) is 39.4 Å². The van der Waals surface area contributed by atoms with Crippen molar-refractivity contribution in [1.82, 2.24) is 5.32 Å². The van der Waals surface area contributed by atoms with Crippen molar-refractivity contribution in [3.63, 3.8) is 0 Å². The van der Waals surface area contributed by atoms with E-state index in [4.69, 9.17) is 4.74 Å². The number of carbonyl (C=O) groups is 1. The highest BCUT2D eigenvalue weighted by Gasteiger charge is 2.28. The highest BCUT2D eigenvalue weighted by Crippen LogP contribution is 2.44. The average molecular weight is 444 g/mol. The highest BCUT2D eigenvalue weighted by atomic mass is 16.5. The second-order valence-electron chi connectivity index (χ2n) is 8.22. The summed E-state index contributed by atoms with van der Waals surface area (Å²) in [6, 6.07) is 35.0. The quantitative estimate of drug-likeness (QED) is 0.278. The van der Waals surface area contributed by atoms with Crippen molar-refractivity contribution in [2.24, 2.45) is 0 Å².